The highest BCUT2D eigenvalue weighted by Crippen LogP contribution is 2.24. The van der Waals surface area contributed by atoms with Gasteiger partial charge in [-0.1, -0.05) is 37.3 Å². The zero-order valence-corrected chi connectivity index (χ0v) is 13.2. The van der Waals surface area contributed by atoms with Gasteiger partial charge in [0.1, 0.15) is 11.4 Å². The third-order valence-corrected chi connectivity index (χ3v) is 3.81. The van der Waals surface area contributed by atoms with E-state index < -0.39 is 0 Å². The van der Waals surface area contributed by atoms with Crippen LogP contribution in [0.25, 0.3) is 0 Å². The number of nitrogens with zero attached hydrogens (tertiary/aromatic N) is 3. The van der Waals surface area contributed by atoms with Crippen molar-refractivity contribution in [2.24, 2.45) is 0 Å². The minimum absolute atomic E-state index is 0.324. The molecule has 0 aliphatic carbocycles. The quantitative estimate of drug-likeness (QED) is 0.525. The zero-order valence-electron chi connectivity index (χ0n) is 13.2. The number of carbonyl (C=O) groups is 1. The van der Waals surface area contributed by atoms with Crippen LogP contribution in [0, 0.1) is 0 Å². The Bertz CT molecular complexity index is 577. The van der Waals surface area contributed by atoms with E-state index in [9.17, 15) is 4.79 Å². The fraction of sp³-hybridized carbons (Fsp3) is 0.471. The highest BCUT2D eigenvalue weighted by atomic mass is 16.5. The van der Waals surface area contributed by atoms with Gasteiger partial charge in [0, 0.05) is 18.9 Å². The number of carbonyl (C=O) groups excluding carboxylic acids is 1. The number of hydrogen-bond acceptors (Lipinski definition) is 4. The maximum atomic E-state index is 11.2. The Kier molecular flexibility index (Phi) is 6.13. The second-order valence-electron chi connectivity index (χ2n) is 5.23. The molecule has 0 amide bonds. The molecule has 118 valence electrons. The number of ether oxygens (including phenoxy) is 1. The van der Waals surface area contributed by atoms with Crippen molar-refractivity contribution in [1.29, 1.82) is 0 Å². The van der Waals surface area contributed by atoms with Crippen LogP contribution in [0.4, 0.5) is 0 Å². The molecule has 5 heteroatoms. The Morgan fingerprint density at radius 1 is 1.23 bits per heavy atom. The lowest BCUT2D eigenvalue weighted by Gasteiger charge is -2.15. The number of para-hydroxylation sites is 1. The third kappa shape index (κ3) is 3.93. The molecule has 2 aromatic rings. The molecule has 0 bridgehead atoms. The van der Waals surface area contributed by atoms with Crippen LogP contribution in [-0.2, 0) is 6.54 Å². The minimum atomic E-state index is 0.324. The van der Waals surface area contributed by atoms with Gasteiger partial charge in [0.25, 0.3) is 0 Å². The first-order valence-corrected chi connectivity index (χ1v) is 7.86. The molecule has 1 heterocycles. The summed E-state index contributed by atoms with van der Waals surface area (Å²) >= 11 is 0. The molecule has 0 fully saturated rings. The van der Waals surface area contributed by atoms with Gasteiger partial charge in [-0.15, -0.1) is 5.10 Å². The Hall–Kier alpha value is -2.17. The largest absolute Gasteiger partial charge is 0.494 e. The number of aldehydes is 1. The smallest absolute Gasteiger partial charge is 0.172 e. The van der Waals surface area contributed by atoms with Gasteiger partial charge in [0.05, 0.1) is 12.3 Å². The van der Waals surface area contributed by atoms with Crippen molar-refractivity contribution in [3.63, 3.8) is 0 Å². The van der Waals surface area contributed by atoms with Crippen molar-refractivity contribution in [3.05, 3.63) is 41.7 Å². The lowest BCUT2D eigenvalue weighted by Crippen LogP contribution is -2.12. The molecule has 0 radical (unpaired) electrons. The highest BCUT2D eigenvalue weighted by molar-refractivity contribution is 5.73. The molecule has 0 spiro atoms. The van der Waals surface area contributed by atoms with Gasteiger partial charge in [0.15, 0.2) is 6.29 Å². The van der Waals surface area contributed by atoms with Crippen molar-refractivity contribution in [3.8, 4) is 5.75 Å². The summed E-state index contributed by atoms with van der Waals surface area (Å²) in [5, 5.41) is 8.12. The van der Waals surface area contributed by atoms with Gasteiger partial charge in [-0.25, -0.2) is 4.68 Å². The molecular formula is C17H23N3O2. The van der Waals surface area contributed by atoms with Crippen molar-refractivity contribution >= 4 is 6.29 Å². The summed E-state index contributed by atoms with van der Waals surface area (Å²) in [4.78, 5) is 11.2. The number of hydrogen-bond donors (Lipinski definition) is 0. The molecule has 1 aromatic carbocycles. The van der Waals surface area contributed by atoms with Gasteiger partial charge in [-0.2, -0.15) is 0 Å². The van der Waals surface area contributed by atoms with Gasteiger partial charge in [0.2, 0.25) is 0 Å². The fourth-order valence-corrected chi connectivity index (χ4v) is 2.60. The predicted molar refractivity (Wildman–Crippen MR) is 85.3 cm³/mol. The molecule has 0 unspecified atom stereocenters. The van der Waals surface area contributed by atoms with Crippen molar-refractivity contribution in [2.75, 3.05) is 6.61 Å². The third-order valence-electron chi connectivity index (χ3n) is 3.81. The van der Waals surface area contributed by atoms with Crippen LogP contribution >= 0.6 is 0 Å². The van der Waals surface area contributed by atoms with Crippen molar-refractivity contribution < 1.29 is 9.53 Å². The first-order chi connectivity index (χ1) is 10.8. The van der Waals surface area contributed by atoms with E-state index in [1.165, 1.54) is 0 Å². The summed E-state index contributed by atoms with van der Waals surface area (Å²) in [5.74, 6) is 1.19. The van der Waals surface area contributed by atoms with Gasteiger partial charge < -0.3 is 4.74 Å². The molecule has 0 saturated heterocycles. The Morgan fingerprint density at radius 3 is 2.59 bits per heavy atom. The van der Waals surface area contributed by atoms with E-state index in [1.54, 1.807) is 0 Å². The Balaban J connectivity index is 1.95. The van der Waals surface area contributed by atoms with Crippen molar-refractivity contribution in [2.45, 2.75) is 45.6 Å². The van der Waals surface area contributed by atoms with E-state index >= 15 is 0 Å². The number of aromatic nitrogens is 3. The standard InChI is InChI=1S/C17H23N3O2/c1-3-14(4-2)17-16(13-21)18-19-20(17)11-8-12-22-15-9-6-5-7-10-15/h5-7,9-10,13-14H,3-4,8,11-12H2,1-2H3. The number of benzene rings is 1. The van der Waals surface area contributed by atoms with E-state index in [4.69, 9.17) is 4.74 Å². The van der Waals surface area contributed by atoms with E-state index in [1.807, 2.05) is 35.0 Å². The maximum Gasteiger partial charge on any atom is 0.172 e. The summed E-state index contributed by atoms with van der Waals surface area (Å²) in [6.45, 7) is 5.57. The molecule has 1 aromatic heterocycles. The predicted octanol–water partition coefficient (Wildman–Crippen LogP) is 3.46. The van der Waals surface area contributed by atoms with Crippen LogP contribution in [0.1, 0.15) is 55.2 Å². The normalized spacial score (nSPS) is 10.9. The molecule has 0 saturated carbocycles. The number of aryl methyl sites for hydroxylation is 1. The lowest BCUT2D eigenvalue weighted by molar-refractivity contribution is 0.111. The number of rotatable bonds is 9. The van der Waals surface area contributed by atoms with Crippen LogP contribution in [0.15, 0.2) is 30.3 Å². The van der Waals surface area contributed by atoms with Crippen LogP contribution in [-0.4, -0.2) is 27.9 Å². The molecule has 0 aliphatic heterocycles. The van der Waals surface area contributed by atoms with Gasteiger partial charge >= 0.3 is 0 Å². The average molecular weight is 301 g/mol. The summed E-state index contributed by atoms with van der Waals surface area (Å²) in [6, 6.07) is 9.75. The highest BCUT2D eigenvalue weighted by Gasteiger charge is 2.19. The Labute approximate surface area is 131 Å². The van der Waals surface area contributed by atoms with Crippen LogP contribution < -0.4 is 4.74 Å². The first kappa shape index (κ1) is 16.2. The summed E-state index contributed by atoms with van der Waals surface area (Å²) in [5.41, 5.74) is 1.43. The maximum absolute atomic E-state index is 11.2. The molecular weight excluding hydrogens is 278 g/mol. The van der Waals surface area contributed by atoms with Crippen LogP contribution in [0.2, 0.25) is 0 Å². The zero-order chi connectivity index (χ0) is 15.8. The summed E-state index contributed by atoms with van der Waals surface area (Å²) in [6.07, 6.45) is 3.58. The summed E-state index contributed by atoms with van der Waals surface area (Å²) < 4.78 is 7.54. The molecule has 5 nitrogen and oxygen atoms in total. The minimum Gasteiger partial charge on any atom is -0.494 e. The molecule has 0 aliphatic rings. The molecule has 0 atom stereocenters. The first-order valence-electron chi connectivity index (χ1n) is 7.86. The van der Waals surface area contributed by atoms with E-state index in [0.29, 0.717) is 24.8 Å². The van der Waals surface area contributed by atoms with Crippen LogP contribution in [0.3, 0.4) is 0 Å². The topological polar surface area (TPSA) is 57.0 Å². The fourth-order valence-electron chi connectivity index (χ4n) is 2.60. The van der Waals surface area contributed by atoms with Crippen LogP contribution in [0.5, 0.6) is 5.75 Å². The Morgan fingerprint density at radius 2 is 1.95 bits per heavy atom. The second-order valence-corrected chi connectivity index (χ2v) is 5.23. The monoisotopic (exact) mass is 301 g/mol. The molecule has 22 heavy (non-hydrogen) atoms. The van der Waals surface area contributed by atoms with Gasteiger partial charge in [-0.05, 0) is 25.0 Å². The lowest BCUT2D eigenvalue weighted by atomic mass is 9.97. The van der Waals surface area contributed by atoms with E-state index in [-0.39, 0.29) is 0 Å². The van der Waals surface area contributed by atoms with E-state index in [2.05, 4.69) is 24.2 Å². The summed E-state index contributed by atoms with van der Waals surface area (Å²) in [7, 11) is 0. The molecule has 0 N–H and O–H groups in total. The van der Waals surface area contributed by atoms with Gasteiger partial charge in [-0.3, -0.25) is 4.79 Å². The van der Waals surface area contributed by atoms with Crippen molar-refractivity contribution in [1.82, 2.24) is 15.0 Å². The average Bonchev–Trinajstić information content (AvgIpc) is 2.97. The van der Waals surface area contributed by atoms with E-state index in [0.717, 1.165) is 37.0 Å². The second kappa shape index (κ2) is 8.32. The molecule has 2 rings (SSSR count). The SMILES string of the molecule is CCC(CC)c1c(C=O)nnn1CCCOc1ccccc1.